The van der Waals surface area contributed by atoms with E-state index >= 15 is 0 Å². The summed E-state index contributed by atoms with van der Waals surface area (Å²) in [5.41, 5.74) is 2.55. The first kappa shape index (κ1) is 19.6. The summed E-state index contributed by atoms with van der Waals surface area (Å²) in [6, 6.07) is 24.4. The van der Waals surface area contributed by atoms with E-state index in [1.807, 2.05) is 60.7 Å². The van der Waals surface area contributed by atoms with Gasteiger partial charge in [0, 0.05) is 23.2 Å². The van der Waals surface area contributed by atoms with Crippen LogP contribution < -0.4 is 0 Å². The fourth-order valence-electron chi connectivity index (χ4n) is 3.47. The number of hydrogen-bond acceptors (Lipinski definition) is 4. The third kappa shape index (κ3) is 3.74. The number of rotatable bonds is 4. The summed E-state index contributed by atoms with van der Waals surface area (Å²) in [4.78, 5) is 8.70. The number of fused-ring (bicyclic) bond motifs is 3. The van der Waals surface area contributed by atoms with Crippen molar-refractivity contribution in [3.63, 3.8) is 0 Å². The molecule has 0 atom stereocenters. The molecule has 6 heteroatoms. The monoisotopic (exact) mass is 422 g/mol. The lowest BCUT2D eigenvalue weighted by atomic mass is 10.0. The van der Waals surface area contributed by atoms with Crippen molar-refractivity contribution in [3.8, 4) is 0 Å². The molecule has 0 aliphatic carbocycles. The SMILES string of the molecule is Fc1ccc2c(nnc3c(/C=N/c4ccccc4)c(F)ccc32)c1/C=N/c1ccccc1. The molecule has 5 aromatic rings. The number of aliphatic imine (C=N–C) groups is 2. The fourth-order valence-corrected chi connectivity index (χ4v) is 3.47. The highest BCUT2D eigenvalue weighted by atomic mass is 19.1. The summed E-state index contributed by atoms with van der Waals surface area (Å²) >= 11 is 0. The van der Waals surface area contributed by atoms with Crippen LogP contribution in [0.3, 0.4) is 0 Å². The largest absolute Gasteiger partial charge is 0.256 e. The van der Waals surface area contributed by atoms with Gasteiger partial charge >= 0.3 is 0 Å². The second-order valence-electron chi connectivity index (χ2n) is 7.10. The minimum absolute atomic E-state index is 0.226. The van der Waals surface area contributed by atoms with Crippen molar-refractivity contribution in [1.29, 1.82) is 0 Å². The molecule has 0 aliphatic rings. The lowest BCUT2D eigenvalue weighted by molar-refractivity contribution is 0.626. The highest BCUT2D eigenvalue weighted by Crippen LogP contribution is 2.28. The quantitative estimate of drug-likeness (QED) is 0.243. The van der Waals surface area contributed by atoms with Crippen molar-refractivity contribution in [3.05, 3.63) is 108 Å². The van der Waals surface area contributed by atoms with Gasteiger partial charge in [0.1, 0.15) is 22.7 Å². The van der Waals surface area contributed by atoms with Gasteiger partial charge in [-0.2, -0.15) is 0 Å². The van der Waals surface area contributed by atoms with Crippen molar-refractivity contribution < 1.29 is 8.78 Å². The van der Waals surface area contributed by atoms with Gasteiger partial charge in [0.25, 0.3) is 0 Å². The van der Waals surface area contributed by atoms with E-state index in [9.17, 15) is 8.78 Å². The molecular formula is C26H16F2N4. The molecule has 5 rings (SSSR count). The fraction of sp³-hybridized carbons (Fsp3) is 0. The Labute approximate surface area is 182 Å². The predicted molar refractivity (Wildman–Crippen MR) is 124 cm³/mol. The van der Waals surface area contributed by atoms with Crippen LogP contribution in [0, 0.1) is 11.6 Å². The number of benzene rings is 4. The van der Waals surface area contributed by atoms with E-state index in [0.717, 1.165) is 0 Å². The Morgan fingerprint density at radius 3 is 1.34 bits per heavy atom. The first-order valence-electron chi connectivity index (χ1n) is 9.96. The molecule has 0 radical (unpaired) electrons. The average molecular weight is 422 g/mol. The number of aromatic nitrogens is 2. The molecule has 0 aliphatic heterocycles. The van der Waals surface area contributed by atoms with Crippen LogP contribution in [0.5, 0.6) is 0 Å². The summed E-state index contributed by atoms with van der Waals surface area (Å²) in [5, 5.41) is 9.77. The lowest BCUT2D eigenvalue weighted by Crippen LogP contribution is -1.99. The van der Waals surface area contributed by atoms with Crippen molar-refractivity contribution in [2.75, 3.05) is 0 Å². The van der Waals surface area contributed by atoms with E-state index in [2.05, 4.69) is 20.2 Å². The molecular weight excluding hydrogens is 406 g/mol. The molecule has 0 saturated heterocycles. The topological polar surface area (TPSA) is 50.5 Å². The maximum atomic E-state index is 14.6. The summed E-state index contributed by atoms with van der Waals surface area (Å²) < 4.78 is 29.3. The van der Waals surface area contributed by atoms with Gasteiger partial charge in [0.2, 0.25) is 0 Å². The lowest BCUT2D eigenvalue weighted by Gasteiger charge is -2.08. The Kier molecular flexibility index (Phi) is 5.17. The van der Waals surface area contributed by atoms with Crippen LogP contribution in [0.15, 0.2) is 94.9 Å². The van der Waals surface area contributed by atoms with Crippen molar-refractivity contribution in [1.82, 2.24) is 10.2 Å². The van der Waals surface area contributed by atoms with Crippen LogP contribution in [-0.4, -0.2) is 22.6 Å². The molecule has 0 saturated carbocycles. The van der Waals surface area contributed by atoms with E-state index in [1.165, 1.54) is 24.6 Å². The second-order valence-corrected chi connectivity index (χ2v) is 7.10. The van der Waals surface area contributed by atoms with Gasteiger partial charge in [-0.25, -0.2) is 8.78 Å². The second kappa shape index (κ2) is 8.43. The Balaban J connectivity index is 1.66. The molecule has 4 aromatic carbocycles. The van der Waals surface area contributed by atoms with E-state index in [-0.39, 0.29) is 11.1 Å². The Hall–Kier alpha value is -4.32. The molecule has 0 N–H and O–H groups in total. The van der Waals surface area contributed by atoms with Crippen molar-refractivity contribution >= 4 is 45.6 Å². The summed E-state index contributed by atoms with van der Waals surface area (Å²) in [6.45, 7) is 0. The highest BCUT2D eigenvalue weighted by molar-refractivity contribution is 6.12. The van der Waals surface area contributed by atoms with Crippen molar-refractivity contribution in [2.45, 2.75) is 0 Å². The number of para-hydroxylation sites is 2. The Morgan fingerprint density at radius 2 is 0.938 bits per heavy atom. The standard InChI is InChI=1S/C26H16F2N4/c27-23-13-11-19-20-12-14-24(28)22(16-30-18-9-5-2-6-10-18)26(20)32-31-25(19)21(23)15-29-17-7-3-1-4-8-17/h1-16H/b29-15+,30-16+. The average Bonchev–Trinajstić information content (AvgIpc) is 2.83. The maximum absolute atomic E-state index is 14.6. The molecule has 0 fully saturated rings. The van der Waals surface area contributed by atoms with Gasteiger partial charge in [-0.05, 0) is 48.5 Å². The van der Waals surface area contributed by atoms with Crippen LogP contribution >= 0.6 is 0 Å². The maximum Gasteiger partial charge on any atom is 0.134 e. The molecule has 1 aromatic heterocycles. The third-order valence-corrected chi connectivity index (χ3v) is 5.07. The zero-order valence-electron chi connectivity index (χ0n) is 16.8. The van der Waals surface area contributed by atoms with E-state index in [4.69, 9.17) is 0 Å². The molecule has 0 unspecified atom stereocenters. The van der Waals surface area contributed by atoms with Gasteiger partial charge in [-0.15, -0.1) is 10.2 Å². The predicted octanol–water partition coefficient (Wildman–Crippen LogP) is 6.56. The molecule has 154 valence electrons. The zero-order chi connectivity index (χ0) is 21.9. The molecule has 4 nitrogen and oxygen atoms in total. The van der Waals surface area contributed by atoms with E-state index < -0.39 is 11.6 Å². The Morgan fingerprint density at radius 1 is 0.531 bits per heavy atom. The van der Waals surface area contributed by atoms with Gasteiger partial charge in [-0.1, -0.05) is 36.4 Å². The number of halogens is 2. The molecule has 0 amide bonds. The summed E-state index contributed by atoms with van der Waals surface area (Å²) in [6.07, 6.45) is 2.88. The highest BCUT2D eigenvalue weighted by Gasteiger charge is 2.15. The number of hydrogen-bond donors (Lipinski definition) is 0. The molecule has 32 heavy (non-hydrogen) atoms. The van der Waals surface area contributed by atoms with Crippen LogP contribution in [-0.2, 0) is 0 Å². The first-order chi connectivity index (χ1) is 15.7. The molecule has 0 bridgehead atoms. The number of nitrogens with zero attached hydrogens (tertiary/aromatic N) is 4. The first-order valence-corrected chi connectivity index (χ1v) is 9.96. The normalized spacial score (nSPS) is 11.8. The van der Waals surface area contributed by atoms with Crippen LogP contribution in [0.25, 0.3) is 21.8 Å². The Bertz CT molecular complexity index is 1370. The summed E-state index contributed by atoms with van der Waals surface area (Å²) in [5.74, 6) is -0.919. The van der Waals surface area contributed by atoms with Gasteiger partial charge < -0.3 is 0 Å². The minimum Gasteiger partial charge on any atom is -0.256 e. The molecule has 1 heterocycles. The van der Waals surface area contributed by atoms with Gasteiger partial charge in [0.05, 0.1) is 22.5 Å². The van der Waals surface area contributed by atoms with E-state index in [1.54, 1.807) is 12.1 Å². The molecule has 0 spiro atoms. The van der Waals surface area contributed by atoms with Gasteiger partial charge in [-0.3, -0.25) is 9.98 Å². The van der Waals surface area contributed by atoms with Gasteiger partial charge in [0.15, 0.2) is 0 Å². The zero-order valence-corrected chi connectivity index (χ0v) is 16.8. The smallest absolute Gasteiger partial charge is 0.134 e. The minimum atomic E-state index is -0.459. The van der Waals surface area contributed by atoms with E-state index in [0.29, 0.717) is 33.2 Å². The van der Waals surface area contributed by atoms with Crippen molar-refractivity contribution in [2.24, 2.45) is 9.98 Å². The summed E-state index contributed by atoms with van der Waals surface area (Å²) in [7, 11) is 0. The van der Waals surface area contributed by atoms with Crippen LogP contribution in [0.1, 0.15) is 11.1 Å². The van der Waals surface area contributed by atoms with Crippen LogP contribution in [0.2, 0.25) is 0 Å². The van der Waals surface area contributed by atoms with Crippen LogP contribution in [0.4, 0.5) is 20.2 Å². The third-order valence-electron chi connectivity index (χ3n) is 5.07.